The molecule has 4 rings (SSSR count). The molecule has 0 radical (unpaired) electrons. The van der Waals surface area contributed by atoms with Crippen molar-refractivity contribution >= 4 is 28.4 Å². The van der Waals surface area contributed by atoms with Gasteiger partial charge in [0.1, 0.15) is 18.0 Å². The molecule has 3 aromatic heterocycles. The number of hydrogen-bond acceptors (Lipinski definition) is 8. The second-order valence-corrected chi connectivity index (χ2v) is 9.55. The zero-order valence-electron chi connectivity index (χ0n) is 22.7. The van der Waals surface area contributed by atoms with Gasteiger partial charge in [-0.3, -0.25) is 9.78 Å². The minimum atomic E-state index is -0.109. The molecule has 3 heterocycles. The van der Waals surface area contributed by atoms with Crippen LogP contribution in [-0.4, -0.2) is 66.6 Å². The summed E-state index contributed by atoms with van der Waals surface area (Å²) in [4.78, 5) is 32.6. The van der Waals surface area contributed by atoms with Gasteiger partial charge in [0, 0.05) is 63.1 Å². The second kappa shape index (κ2) is 12.4. The van der Waals surface area contributed by atoms with Crippen LogP contribution in [0.15, 0.2) is 61.2 Å². The summed E-state index contributed by atoms with van der Waals surface area (Å²) in [7, 11) is 5.62. The quantitative estimate of drug-likeness (QED) is 0.277. The van der Waals surface area contributed by atoms with Crippen molar-refractivity contribution in [2.45, 2.75) is 19.8 Å². The molecule has 38 heavy (non-hydrogen) atoms. The molecule has 0 fully saturated rings. The van der Waals surface area contributed by atoms with Crippen LogP contribution in [0.2, 0.25) is 0 Å². The number of amides is 1. The Bertz CT molecular complexity index is 1370. The lowest BCUT2D eigenvalue weighted by Gasteiger charge is -2.22. The Labute approximate surface area is 224 Å². The van der Waals surface area contributed by atoms with Gasteiger partial charge < -0.3 is 20.9 Å². The lowest BCUT2D eigenvalue weighted by molar-refractivity contribution is 0.0964. The Kier molecular flexibility index (Phi) is 8.81. The molecule has 4 aromatic rings. The molecule has 1 unspecified atom stereocenters. The van der Waals surface area contributed by atoms with Crippen LogP contribution in [0.1, 0.15) is 35.7 Å². The predicted octanol–water partition coefficient (Wildman–Crippen LogP) is 3.95. The normalized spacial score (nSPS) is 12.7. The number of para-hydroxylation sites is 1. The highest BCUT2D eigenvalue weighted by molar-refractivity contribution is 6.06. The van der Waals surface area contributed by atoms with Crippen LogP contribution in [0, 0.1) is 5.92 Å². The molecule has 9 heteroatoms. The molecule has 0 saturated carbocycles. The van der Waals surface area contributed by atoms with Crippen LogP contribution in [0.5, 0.6) is 0 Å². The molecular weight excluding hydrogens is 476 g/mol. The molecule has 0 aliphatic heterocycles. The van der Waals surface area contributed by atoms with Crippen molar-refractivity contribution in [3.63, 3.8) is 0 Å². The average molecular weight is 513 g/mol. The molecule has 9 nitrogen and oxygen atoms in total. The number of likely N-dealkylation sites (N-methyl/N-ethyl adjacent to an activating group) is 2. The van der Waals surface area contributed by atoms with E-state index in [0.29, 0.717) is 5.56 Å². The second-order valence-electron chi connectivity index (χ2n) is 9.55. The van der Waals surface area contributed by atoms with Gasteiger partial charge in [-0.05, 0) is 42.6 Å². The lowest BCUT2D eigenvalue weighted by Crippen LogP contribution is -2.27. The van der Waals surface area contributed by atoms with Gasteiger partial charge in [0.05, 0.1) is 16.8 Å². The average Bonchev–Trinajstić information content (AvgIpc) is 2.97. The fraction of sp³-hybridized carbons (Fsp3) is 0.345. The van der Waals surface area contributed by atoms with Crippen molar-refractivity contribution in [2.75, 3.05) is 51.0 Å². The first kappa shape index (κ1) is 26.9. The van der Waals surface area contributed by atoms with Gasteiger partial charge in [0.2, 0.25) is 0 Å². The summed E-state index contributed by atoms with van der Waals surface area (Å²) in [5.74, 6) is 2.06. The minimum absolute atomic E-state index is 0.109. The van der Waals surface area contributed by atoms with Crippen LogP contribution in [0.4, 0.5) is 11.6 Å². The van der Waals surface area contributed by atoms with E-state index in [1.165, 1.54) is 0 Å². The maximum Gasteiger partial charge on any atom is 0.251 e. The van der Waals surface area contributed by atoms with Crippen molar-refractivity contribution in [3.05, 3.63) is 72.3 Å². The summed E-state index contributed by atoms with van der Waals surface area (Å²) in [6, 6.07) is 13.8. The fourth-order valence-corrected chi connectivity index (χ4v) is 4.42. The number of carbonyl (C=O) groups is 1. The van der Waals surface area contributed by atoms with Gasteiger partial charge in [-0.2, -0.15) is 0 Å². The first-order valence-corrected chi connectivity index (χ1v) is 12.9. The number of anilines is 2. The van der Waals surface area contributed by atoms with E-state index in [1.807, 2.05) is 50.6 Å². The van der Waals surface area contributed by atoms with E-state index in [-0.39, 0.29) is 17.7 Å². The van der Waals surface area contributed by atoms with Gasteiger partial charge in [-0.15, -0.1) is 0 Å². The largest absolute Gasteiger partial charge is 0.370 e. The molecule has 1 amide bonds. The Morgan fingerprint density at radius 3 is 2.61 bits per heavy atom. The molecule has 0 aliphatic carbocycles. The number of benzene rings is 1. The van der Waals surface area contributed by atoms with E-state index in [4.69, 9.17) is 0 Å². The molecule has 3 N–H and O–H groups in total. The summed E-state index contributed by atoms with van der Waals surface area (Å²) < 4.78 is 0. The van der Waals surface area contributed by atoms with Crippen molar-refractivity contribution in [1.29, 1.82) is 0 Å². The topological polar surface area (TPSA) is 108 Å². The summed E-state index contributed by atoms with van der Waals surface area (Å²) in [6.07, 6.45) is 5.13. The molecule has 1 aromatic carbocycles. The summed E-state index contributed by atoms with van der Waals surface area (Å²) in [6.45, 7) is 6.89. The Balaban J connectivity index is 1.45. The van der Waals surface area contributed by atoms with Crippen LogP contribution in [-0.2, 0) is 0 Å². The Hall–Kier alpha value is -4.11. The van der Waals surface area contributed by atoms with Crippen molar-refractivity contribution in [2.24, 2.45) is 5.92 Å². The van der Waals surface area contributed by atoms with E-state index in [1.54, 1.807) is 25.6 Å². The van der Waals surface area contributed by atoms with E-state index in [0.717, 1.165) is 59.0 Å². The molecule has 0 bridgehead atoms. The third-order valence-corrected chi connectivity index (χ3v) is 7.02. The predicted molar refractivity (Wildman–Crippen MR) is 154 cm³/mol. The first-order chi connectivity index (χ1) is 18.4. The van der Waals surface area contributed by atoms with Crippen LogP contribution in [0.3, 0.4) is 0 Å². The zero-order chi connectivity index (χ0) is 27.1. The van der Waals surface area contributed by atoms with Crippen molar-refractivity contribution in [1.82, 2.24) is 30.6 Å². The number of aromatic nitrogens is 4. The first-order valence-electron chi connectivity index (χ1n) is 12.9. The summed E-state index contributed by atoms with van der Waals surface area (Å²) in [5, 5.41) is 10.2. The lowest BCUT2D eigenvalue weighted by atomic mass is 9.87. The number of nitrogens with one attached hydrogen (secondary N) is 3. The smallest absolute Gasteiger partial charge is 0.251 e. The fourth-order valence-electron chi connectivity index (χ4n) is 4.42. The standard InChI is InChI=1S/C29H36N8O/c1-19(20(2)22-7-6-8-23-24(29(38)31-4)11-12-32-28(22)23)16-33-26-15-25(35-18-36-26)21-9-10-27(34-17-21)37(5)14-13-30-3/h6-12,15,17-20,30H,13-14,16H2,1-5H3,(H,31,38)(H,33,35,36)/t19?,20-/m1/s1. The van der Waals surface area contributed by atoms with Crippen molar-refractivity contribution in [3.8, 4) is 11.3 Å². The number of fused-ring (bicyclic) bond motifs is 1. The minimum Gasteiger partial charge on any atom is -0.370 e. The highest BCUT2D eigenvalue weighted by atomic mass is 16.1. The maximum absolute atomic E-state index is 12.3. The highest BCUT2D eigenvalue weighted by Gasteiger charge is 2.19. The molecule has 0 aliphatic rings. The number of nitrogens with zero attached hydrogens (tertiary/aromatic N) is 5. The molecule has 198 valence electrons. The number of hydrogen-bond donors (Lipinski definition) is 3. The number of rotatable bonds is 11. The van der Waals surface area contributed by atoms with Crippen LogP contribution >= 0.6 is 0 Å². The maximum atomic E-state index is 12.3. The van der Waals surface area contributed by atoms with Gasteiger partial charge >= 0.3 is 0 Å². The van der Waals surface area contributed by atoms with E-state index >= 15 is 0 Å². The number of pyridine rings is 2. The third kappa shape index (κ3) is 6.06. The van der Waals surface area contributed by atoms with Gasteiger partial charge in [0.15, 0.2) is 0 Å². The van der Waals surface area contributed by atoms with E-state index in [9.17, 15) is 4.79 Å². The molecule has 0 spiro atoms. The summed E-state index contributed by atoms with van der Waals surface area (Å²) >= 11 is 0. The van der Waals surface area contributed by atoms with Gasteiger partial charge in [-0.1, -0.05) is 32.0 Å². The molecule has 0 saturated heterocycles. The zero-order valence-corrected chi connectivity index (χ0v) is 22.7. The van der Waals surface area contributed by atoms with E-state index < -0.39 is 0 Å². The number of carbonyl (C=O) groups excluding carboxylic acids is 1. The van der Waals surface area contributed by atoms with Gasteiger partial charge in [0.25, 0.3) is 5.91 Å². The molecular formula is C29H36N8O. The summed E-state index contributed by atoms with van der Waals surface area (Å²) in [5.41, 5.74) is 4.39. The van der Waals surface area contributed by atoms with Crippen LogP contribution in [0.25, 0.3) is 22.2 Å². The highest BCUT2D eigenvalue weighted by Crippen LogP contribution is 2.31. The van der Waals surface area contributed by atoms with Crippen LogP contribution < -0.4 is 20.9 Å². The van der Waals surface area contributed by atoms with Crippen molar-refractivity contribution < 1.29 is 4.79 Å². The molecule has 2 atom stereocenters. The Morgan fingerprint density at radius 2 is 1.87 bits per heavy atom. The van der Waals surface area contributed by atoms with Gasteiger partial charge in [-0.25, -0.2) is 15.0 Å². The monoisotopic (exact) mass is 512 g/mol. The van der Waals surface area contributed by atoms with E-state index in [2.05, 4.69) is 60.7 Å². The third-order valence-electron chi connectivity index (χ3n) is 7.02. The Morgan fingerprint density at radius 1 is 1.03 bits per heavy atom. The SMILES string of the molecule is CNCCN(C)c1ccc(-c2cc(NCC(C)[C@@H](C)c3cccc4c(C(=O)NC)ccnc34)ncn2)cn1.